The molecule has 1 aromatic heterocycles. The Bertz CT molecular complexity index is 768. The average molecular weight is 378 g/mol. The van der Waals surface area contributed by atoms with Crippen molar-refractivity contribution in [2.24, 2.45) is 0 Å². The van der Waals surface area contributed by atoms with Crippen molar-refractivity contribution < 1.29 is 4.79 Å². The van der Waals surface area contributed by atoms with Crippen molar-refractivity contribution in [1.29, 1.82) is 0 Å². The Kier molecular flexibility index (Phi) is 6.38. The molecule has 1 aliphatic carbocycles. The number of aryl methyl sites for hydroxylation is 1. The highest BCUT2D eigenvalue weighted by molar-refractivity contribution is 5.77. The first kappa shape index (κ1) is 19.1. The smallest absolute Gasteiger partial charge is 0.223 e. The second kappa shape index (κ2) is 9.33. The molecule has 1 aromatic carbocycles. The molecular formula is C24H31N3O. The van der Waals surface area contributed by atoms with Crippen LogP contribution in [0.1, 0.15) is 61.3 Å². The summed E-state index contributed by atoms with van der Waals surface area (Å²) in [6.45, 7) is 2.67. The second-order valence-corrected chi connectivity index (χ2v) is 8.17. The fraction of sp³-hybridized carbons (Fsp3) is 0.500. The monoisotopic (exact) mass is 377 g/mol. The van der Waals surface area contributed by atoms with Gasteiger partial charge in [-0.1, -0.05) is 30.3 Å². The van der Waals surface area contributed by atoms with Crippen LogP contribution in [-0.4, -0.2) is 34.9 Å². The third kappa shape index (κ3) is 4.61. The standard InChI is InChI=1S/C24H31N3O/c28-24(17-20-9-5-8-19-7-1-2-12-23(19)20)27(18-21-10-3-4-15-26-21)22-11-6-14-25-16-13-22/h1-4,7,10,12,15,20,22,25H,5-6,8-9,11,13-14,16-18H2. The number of nitrogens with zero attached hydrogens (tertiary/aromatic N) is 2. The average Bonchev–Trinajstić information content (AvgIpc) is 3.02. The maximum Gasteiger partial charge on any atom is 0.223 e. The van der Waals surface area contributed by atoms with Crippen LogP contribution in [0, 0.1) is 0 Å². The number of rotatable bonds is 5. The van der Waals surface area contributed by atoms with Gasteiger partial charge in [0.1, 0.15) is 0 Å². The topological polar surface area (TPSA) is 45.2 Å². The summed E-state index contributed by atoms with van der Waals surface area (Å²) in [7, 11) is 0. The van der Waals surface area contributed by atoms with Crippen molar-refractivity contribution in [2.75, 3.05) is 13.1 Å². The molecule has 0 spiro atoms. The Morgan fingerprint density at radius 2 is 1.93 bits per heavy atom. The minimum absolute atomic E-state index is 0.291. The molecule has 0 bridgehead atoms. The van der Waals surface area contributed by atoms with E-state index in [0.717, 1.165) is 50.9 Å². The van der Waals surface area contributed by atoms with E-state index in [1.54, 1.807) is 0 Å². The molecule has 1 fully saturated rings. The molecule has 0 radical (unpaired) electrons. The summed E-state index contributed by atoms with van der Waals surface area (Å²) in [6, 6.07) is 15.0. The van der Waals surface area contributed by atoms with Crippen molar-refractivity contribution in [3.05, 3.63) is 65.5 Å². The van der Waals surface area contributed by atoms with E-state index in [-0.39, 0.29) is 0 Å². The first-order valence-electron chi connectivity index (χ1n) is 10.8. The molecule has 4 rings (SSSR count). The summed E-state index contributed by atoms with van der Waals surface area (Å²) < 4.78 is 0. The molecule has 2 atom stereocenters. The number of amides is 1. The molecule has 2 aromatic rings. The Morgan fingerprint density at radius 3 is 2.82 bits per heavy atom. The zero-order chi connectivity index (χ0) is 19.2. The molecule has 1 saturated heterocycles. The molecule has 1 amide bonds. The predicted octanol–water partition coefficient (Wildman–Crippen LogP) is 4.06. The van der Waals surface area contributed by atoms with Gasteiger partial charge in [0, 0.05) is 18.7 Å². The Morgan fingerprint density at radius 1 is 1.04 bits per heavy atom. The highest BCUT2D eigenvalue weighted by Crippen LogP contribution is 2.34. The van der Waals surface area contributed by atoms with E-state index < -0.39 is 0 Å². The number of carbonyl (C=O) groups is 1. The molecule has 2 unspecified atom stereocenters. The minimum atomic E-state index is 0.291. The van der Waals surface area contributed by atoms with Gasteiger partial charge in [-0.15, -0.1) is 0 Å². The van der Waals surface area contributed by atoms with Gasteiger partial charge in [-0.25, -0.2) is 0 Å². The molecule has 4 nitrogen and oxygen atoms in total. The first-order valence-corrected chi connectivity index (χ1v) is 10.8. The maximum absolute atomic E-state index is 13.5. The SMILES string of the molecule is O=C(CC1CCCc2ccccc21)N(Cc1ccccn1)C1CCCNCC1. The van der Waals surface area contributed by atoms with Crippen LogP contribution >= 0.6 is 0 Å². The highest BCUT2D eigenvalue weighted by Gasteiger charge is 2.29. The van der Waals surface area contributed by atoms with E-state index in [4.69, 9.17) is 0 Å². The van der Waals surface area contributed by atoms with E-state index in [1.165, 1.54) is 17.5 Å². The summed E-state index contributed by atoms with van der Waals surface area (Å²) in [5.74, 6) is 0.645. The van der Waals surface area contributed by atoms with Crippen molar-refractivity contribution in [2.45, 2.75) is 63.5 Å². The van der Waals surface area contributed by atoms with E-state index in [2.05, 4.69) is 39.5 Å². The summed E-state index contributed by atoms with van der Waals surface area (Å²) in [5.41, 5.74) is 3.81. The zero-order valence-electron chi connectivity index (χ0n) is 16.6. The number of aromatic nitrogens is 1. The number of fused-ring (bicyclic) bond motifs is 1. The van der Waals surface area contributed by atoms with Gasteiger partial charge in [0.05, 0.1) is 12.2 Å². The molecular weight excluding hydrogens is 346 g/mol. The third-order valence-corrected chi connectivity index (χ3v) is 6.28. The van der Waals surface area contributed by atoms with E-state index in [1.807, 2.05) is 24.4 Å². The molecule has 1 N–H and O–H groups in total. The van der Waals surface area contributed by atoms with Crippen LogP contribution in [0.3, 0.4) is 0 Å². The quantitative estimate of drug-likeness (QED) is 0.855. The lowest BCUT2D eigenvalue weighted by Gasteiger charge is -2.33. The number of nitrogens with one attached hydrogen (secondary N) is 1. The van der Waals surface area contributed by atoms with Crippen LogP contribution in [-0.2, 0) is 17.8 Å². The van der Waals surface area contributed by atoms with Crippen LogP contribution in [0.5, 0.6) is 0 Å². The lowest BCUT2D eigenvalue weighted by Crippen LogP contribution is -2.41. The van der Waals surface area contributed by atoms with Crippen LogP contribution in [0.25, 0.3) is 0 Å². The van der Waals surface area contributed by atoms with Crippen molar-refractivity contribution in [1.82, 2.24) is 15.2 Å². The maximum atomic E-state index is 13.5. The molecule has 1 aliphatic heterocycles. The van der Waals surface area contributed by atoms with Gasteiger partial charge in [-0.3, -0.25) is 9.78 Å². The van der Waals surface area contributed by atoms with Crippen LogP contribution < -0.4 is 5.32 Å². The lowest BCUT2D eigenvalue weighted by molar-refractivity contribution is -0.135. The predicted molar refractivity (Wildman–Crippen MR) is 112 cm³/mol. The van der Waals surface area contributed by atoms with Gasteiger partial charge in [-0.05, 0) is 80.8 Å². The molecule has 4 heteroatoms. The summed E-state index contributed by atoms with van der Waals surface area (Å²) >= 11 is 0. The molecule has 28 heavy (non-hydrogen) atoms. The van der Waals surface area contributed by atoms with E-state index in [9.17, 15) is 4.79 Å². The fourth-order valence-corrected chi connectivity index (χ4v) is 4.79. The van der Waals surface area contributed by atoms with E-state index in [0.29, 0.717) is 30.8 Å². The van der Waals surface area contributed by atoms with Crippen molar-refractivity contribution >= 4 is 5.91 Å². The van der Waals surface area contributed by atoms with Crippen molar-refractivity contribution in [3.8, 4) is 0 Å². The second-order valence-electron chi connectivity index (χ2n) is 8.17. The van der Waals surface area contributed by atoms with Crippen molar-refractivity contribution in [3.63, 3.8) is 0 Å². The fourth-order valence-electron chi connectivity index (χ4n) is 4.79. The van der Waals surface area contributed by atoms with Gasteiger partial charge < -0.3 is 10.2 Å². The van der Waals surface area contributed by atoms with Crippen LogP contribution in [0.2, 0.25) is 0 Å². The lowest BCUT2D eigenvalue weighted by atomic mass is 9.81. The number of benzene rings is 1. The summed E-state index contributed by atoms with van der Waals surface area (Å²) in [6.07, 6.45) is 9.12. The van der Waals surface area contributed by atoms with Gasteiger partial charge in [0.2, 0.25) is 5.91 Å². The van der Waals surface area contributed by atoms with Crippen LogP contribution in [0.15, 0.2) is 48.7 Å². The van der Waals surface area contributed by atoms with Gasteiger partial charge >= 0.3 is 0 Å². The zero-order valence-corrected chi connectivity index (χ0v) is 16.6. The van der Waals surface area contributed by atoms with Gasteiger partial charge in [0.15, 0.2) is 0 Å². The normalized spacial score (nSPS) is 22.1. The molecule has 0 saturated carbocycles. The highest BCUT2D eigenvalue weighted by atomic mass is 16.2. The Labute approximate surface area is 168 Å². The molecule has 148 valence electrons. The van der Waals surface area contributed by atoms with Crippen LogP contribution in [0.4, 0.5) is 0 Å². The van der Waals surface area contributed by atoms with E-state index >= 15 is 0 Å². The summed E-state index contributed by atoms with van der Waals surface area (Å²) in [4.78, 5) is 20.1. The third-order valence-electron chi connectivity index (χ3n) is 6.28. The molecule has 2 aliphatic rings. The molecule has 2 heterocycles. The Balaban J connectivity index is 1.53. The number of hydrogen-bond donors (Lipinski definition) is 1. The number of hydrogen-bond acceptors (Lipinski definition) is 3. The first-order chi connectivity index (χ1) is 13.8. The number of pyridine rings is 1. The number of carbonyl (C=O) groups excluding carboxylic acids is 1. The Hall–Kier alpha value is -2.20. The minimum Gasteiger partial charge on any atom is -0.334 e. The van der Waals surface area contributed by atoms with Gasteiger partial charge in [0.25, 0.3) is 0 Å². The largest absolute Gasteiger partial charge is 0.334 e. The summed E-state index contributed by atoms with van der Waals surface area (Å²) in [5, 5.41) is 3.48. The van der Waals surface area contributed by atoms with Gasteiger partial charge in [-0.2, -0.15) is 0 Å².